The summed E-state index contributed by atoms with van der Waals surface area (Å²) in [6.07, 6.45) is 4.48. The lowest BCUT2D eigenvalue weighted by molar-refractivity contribution is 0.666. The number of aromatic nitrogens is 4. The monoisotopic (exact) mass is 540 g/mol. The van der Waals surface area contributed by atoms with E-state index in [2.05, 4.69) is 65.2 Å². The quantitative estimate of drug-likeness (QED) is 0.226. The Labute approximate surface area is 241 Å². The van der Waals surface area contributed by atoms with Gasteiger partial charge in [0.05, 0.1) is 16.4 Å². The predicted molar refractivity (Wildman–Crippen MR) is 167 cm³/mol. The topological polar surface area (TPSA) is 56.7 Å². The van der Waals surface area contributed by atoms with Gasteiger partial charge in [0.1, 0.15) is 11.2 Å². The molecule has 0 saturated carbocycles. The molecule has 0 aliphatic heterocycles. The van der Waals surface area contributed by atoms with Gasteiger partial charge in [0, 0.05) is 27.3 Å². The Balaban J connectivity index is 1.37. The van der Waals surface area contributed by atoms with Crippen LogP contribution in [0.3, 0.4) is 0 Å². The average molecular weight is 541 g/mol. The van der Waals surface area contributed by atoms with E-state index in [-0.39, 0.29) is 0 Å². The number of hydrogen-bond donors (Lipinski definition) is 0. The molecule has 3 aromatic heterocycles. The van der Waals surface area contributed by atoms with Crippen molar-refractivity contribution in [2.24, 2.45) is 0 Å². The van der Waals surface area contributed by atoms with E-state index < -0.39 is 0 Å². The second-order valence-electron chi connectivity index (χ2n) is 11.5. The van der Waals surface area contributed by atoms with Crippen LogP contribution in [0.5, 0.6) is 0 Å². The van der Waals surface area contributed by atoms with Crippen molar-refractivity contribution in [3.63, 3.8) is 0 Å². The number of hydrogen-bond acceptors (Lipinski definition) is 4. The summed E-state index contributed by atoms with van der Waals surface area (Å²) in [5.74, 6) is 1.93. The number of rotatable bonds is 3. The number of furan rings is 1. The number of aryl methyl sites for hydroxylation is 4. The molecule has 0 fully saturated rings. The lowest BCUT2D eigenvalue weighted by Gasteiger charge is -2.19. The smallest absolute Gasteiger partial charge is 0.238 e. The Bertz CT molecular complexity index is 2340. The van der Waals surface area contributed by atoms with Gasteiger partial charge in [-0.15, -0.1) is 0 Å². The minimum Gasteiger partial charge on any atom is -0.456 e. The van der Waals surface area contributed by atoms with Crippen molar-refractivity contribution in [1.29, 1.82) is 0 Å². The average Bonchev–Trinajstić information content (AvgIpc) is 3.54. The zero-order valence-electron chi connectivity index (χ0n) is 22.8. The SMILES string of the molecule is c1ccc(-c2nc(-c3ccccc3)nc(-n3c4cc5c(cc4c4ccc6oc7cc8c(cc7c6c43)CC8)CC5)n2)cc1. The van der Waals surface area contributed by atoms with Gasteiger partial charge in [0.25, 0.3) is 0 Å². The minimum atomic E-state index is 0.618. The first kappa shape index (κ1) is 22.4. The molecule has 0 unspecified atom stereocenters. The fourth-order valence-corrected chi connectivity index (χ4v) is 6.85. The second-order valence-corrected chi connectivity index (χ2v) is 11.5. The van der Waals surface area contributed by atoms with Crippen LogP contribution in [-0.4, -0.2) is 19.5 Å². The van der Waals surface area contributed by atoms with Crippen molar-refractivity contribution in [3.8, 4) is 28.7 Å². The van der Waals surface area contributed by atoms with Gasteiger partial charge in [0.15, 0.2) is 11.6 Å². The van der Waals surface area contributed by atoms with E-state index in [1.54, 1.807) is 0 Å². The van der Waals surface area contributed by atoms with Crippen molar-refractivity contribution in [3.05, 3.63) is 119 Å². The highest BCUT2D eigenvalue weighted by Crippen LogP contribution is 2.43. The molecular formula is C37H24N4O. The lowest BCUT2D eigenvalue weighted by atomic mass is 9.87. The Morgan fingerprint density at radius 3 is 1.76 bits per heavy atom. The van der Waals surface area contributed by atoms with Gasteiger partial charge in [-0.2, -0.15) is 9.97 Å². The van der Waals surface area contributed by atoms with Gasteiger partial charge in [-0.1, -0.05) is 60.7 Å². The molecule has 5 aromatic carbocycles. The molecule has 0 spiro atoms. The van der Waals surface area contributed by atoms with Crippen LogP contribution in [0.2, 0.25) is 0 Å². The third-order valence-corrected chi connectivity index (χ3v) is 9.22. The summed E-state index contributed by atoms with van der Waals surface area (Å²) < 4.78 is 8.76. The first-order valence-corrected chi connectivity index (χ1v) is 14.6. The predicted octanol–water partition coefficient (Wildman–Crippen LogP) is 8.40. The third kappa shape index (κ3) is 3.05. The van der Waals surface area contributed by atoms with E-state index in [9.17, 15) is 0 Å². The number of benzene rings is 5. The number of nitrogens with zero attached hydrogens (tertiary/aromatic N) is 4. The molecule has 0 bridgehead atoms. The molecule has 0 saturated heterocycles. The largest absolute Gasteiger partial charge is 0.456 e. The maximum absolute atomic E-state index is 6.50. The fourth-order valence-electron chi connectivity index (χ4n) is 6.85. The summed E-state index contributed by atoms with van der Waals surface area (Å²) in [5.41, 5.74) is 11.6. The van der Waals surface area contributed by atoms with Crippen LogP contribution >= 0.6 is 0 Å². The fraction of sp³-hybridized carbons (Fsp3) is 0.108. The molecule has 0 atom stereocenters. The van der Waals surface area contributed by atoms with E-state index >= 15 is 0 Å². The summed E-state index contributed by atoms with van der Waals surface area (Å²) in [7, 11) is 0. The van der Waals surface area contributed by atoms with Crippen LogP contribution in [0.1, 0.15) is 22.3 Å². The zero-order chi connectivity index (χ0) is 27.4. The molecule has 3 heterocycles. The Morgan fingerprint density at radius 2 is 1.12 bits per heavy atom. The zero-order valence-corrected chi connectivity index (χ0v) is 22.8. The van der Waals surface area contributed by atoms with E-state index in [0.717, 1.165) is 69.8 Å². The molecule has 5 nitrogen and oxygen atoms in total. The Morgan fingerprint density at radius 1 is 0.524 bits per heavy atom. The van der Waals surface area contributed by atoms with Crippen LogP contribution in [0.4, 0.5) is 0 Å². The van der Waals surface area contributed by atoms with Gasteiger partial charge in [-0.25, -0.2) is 4.98 Å². The Kier molecular flexibility index (Phi) is 4.34. The van der Waals surface area contributed by atoms with Crippen LogP contribution in [-0.2, 0) is 25.7 Å². The van der Waals surface area contributed by atoms with Crippen LogP contribution < -0.4 is 0 Å². The van der Waals surface area contributed by atoms with E-state index in [1.165, 1.54) is 33.0 Å². The van der Waals surface area contributed by atoms with Gasteiger partial charge in [-0.3, -0.25) is 4.57 Å². The van der Waals surface area contributed by atoms with Crippen LogP contribution in [0.15, 0.2) is 101 Å². The molecule has 2 aliphatic rings. The molecule has 2 aliphatic carbocycles. The minimum absolute atomic E-state index is 0.618. The van der Waals surface area contributed by atoms with Gasteiger partial charge < -0.3 is 4.42 Å². The van der Waals surface area contributed by atoms with Crippen molar-refractivity contribution in [2.75, 3.05) is 0 Å². The van der Waals surface area contributed by atoms with Crippen LogP contribution in [0, 0.1) is 0 Å². The molecule has 8 aromatic rings. The van der Waals surface area contributed by atoms with Crippen molar-refractivity contribution in [1.82, 2.24) is 19.5 Å². The lowest BCUT2D eigenvalue weighted by Crippen LogP contribution is -2.09. The summed E-state index contributed by atoms with van der Waals surface area (Å²) in [4.78, 5) is 15.3. The van der Waals surface area contributed by atoms with Gasteiger partial charge in [0.2, 0.25) is 5.95 Å². The summed E-state index contributed by atoms with van der Waals surface area (Å²) in [6.45, 7) is 0. The maximum atomic E-state index is 6.50. The standard InChI is InChI=1S/C37H24N4O/c1-3-7-21(8-4-1)35-38-36(22-9-5-2-6-10-22)40-37(39-35)41-30-19-25-13-11-23(25)17-28(30)27-15-16-31-33(34(27)41)29-18-24-12-14-26(24)20-32(29)42-31/h1-10,15-20H,11-14H2. The van der Waals surface area contributed by atoms with Crippen LogP contribution in [0.25, 0.3) is 72.5 Å². The second kappa shape index (κ2) is 8.14. The highest BCUT2D eigenvalue weighted by molar-refractivity contribution is 6.24. The molecule has 0 N–H and O–H groups in total. The van der Waals surface area contributed by atoms with Gasteiger partial charge in [-0.05, 0) is 84.3 Å². The molecule has 5 heteroatoms. The van der Waals surface area contributed by atoms with E-state index in [1.807, 2.05) is 36.4 Å². The first-order chi connectivity index (χ1) is 20.8. The summed E-state index contributed by atoms with van der Waals surface area (Å²) in [6, 6.07) is 34.0. The van der Waals surface area contributed by atoms with Gasteiger partial charge >= 0.3 is 0 Å². The highest BCUT2D eigenvalue weighted by Gasteiger charge is 2.26. The maximum Gasteiger partial charge on any atom is 0.238 e. The van der Waals surface area contributed by atoms with E-state index in [4.69, 9.17) is 19.4 Å². The normalized spacial score (nSPS) is 13.8. The summed E-state index contributed by atoms with van der Waals surface area (Å²) >= 11 is 0. The van der Waals surface area contributed by atoms with Crippen molar-refractivity contribution < 1.29 is 4.42 Å². The third-order valence-electron chi connectivity index (χ3n) is 9.22. The summed E-state index contributed by atoms with van der Waals surface area (Å²) in [5, 5.41) is 4.71. The Hall–Kier alpha value is -5.29. The molecule has 198 valence electrons. The first-order valence-electron chi connectivity index (χ1n) is 14.6. The molecule has 0 radical (unpaired) electrons. The molecule has 0 amide bonds. The van der Waals surface area contributed by atoms with Crippen molar-refractivity contribution >= 4 is 43.7 Å². The molecule has 42 heavy (non-hydrogen) atoms. The highest BCUT2D eigenvalue weighted by atomic mass is 16.3. The molecule has 10 rings (SSSR count). The number of fused-ring (bicyclic) bond motifs is 9. The van der Waals surface area contributed by atoms with E-state index in [0.29, 0.717) is 17.6 Å². The van der Waals surface area contributed by atoms with Crippen molar-refractivity contribution in [2.45, 2.75) is 25.7 Å². The molecular weight excluding hydrogens is 516 g/mol.